The molecule has 0 aromatic heterocycles. The van der Waals surface area contributed by atoms with Gasteiger partial charge in [0.1, 0.15) is 0 Å². The second-order valence-corrected chi connectivity index (χ2v) is 42.2. The van der Waals surface area contributed by atoms with Crippen LogP contribution in [0.2, 0.25) is 26.6 Å². The summed E-state index contributed by atoms with van der Waals surface area (Å²) < 4.78 is 53.0. The molecule has 0 spiro atoms. The number of hydrogen-bond acceptors (Lipinski definition) is 30. The molecule has 6 amide bonds. The number of methoxy groups -OCH3 is 1. The molecule has 0 aliphatic rings. The smallest absolute Gasteiger partial charge is 0.475 e. The van der Waals surface area contributed by atoms with Gasteiger partial charge in [-0.05, 0) is 0 Å². The zero-order valence-corrected chi connectivity index (χ0v) is 82.6. The van der Waals surface area contributed by atoms with Crippen molar-refractivity contribution in [3.05, 3.63) is 29.8 Å². The summed E-state index contributed by atoms with van der Waals surface area (Å²) in [6, 6.07) is -1.69. The van der Waals surface area contributed by atoms with Crippen molar-refractivity contribution in [1.29, 1.82) is 0 Å². The Morgan fingerprint density at radius 1 is 0.405 bits per heavy atom. The number of nitrogens with two attached hydrogens (primary N) is 4. The minimum absolute atomic E-state index is 0.0320. The fourth-order valence-corrected chi connectivity index (χ4v) is 20.1. The summed E-state index contributed by atoms with van der Waals surface area (Å²) in [5.41, 5.74) is 20.1. The number of aliphatic carboxylic acids is 9. The molecule has 1 aromatic rings. The number of halogens is 3. The predicted molar refractivity (Wildman–Crippen MR) is 461 cm³/mol. The molecule has 0 aliphatic heterocycles. The number of carbonyl (C=O) groups excluding carboxylic acids is 13. The molecule has 744 valence electrons. The molecule has 131 heavy (non-hydrogen) atoms. The van der Waals surface area contributed by atoms with Crippen LogP contribution in [-0.2, 0) is 120 Å². The number of nitrogens with one attached hydrogen (secondary N) is 6. The van der Waals surface area contributed by atoms with Gasteiger partial charge in [-0.15, -0.1) is 0 Å². The van der Waals surface area contributed by atoms with Crippen molar-refractivity contribution in [1.82, 2.24) is 31.9 Å². The quantitative estimate of drug-likeness (QED) is 0.0164. The first-order valence-corrected chi connectivity index (χ1v) is 51.4. The van der Waals surface area contributed by atoms with E-state index < -0.39 is 209 Å². The molecule has 23 N–H and O–H groups in total. The summed E-state index contributed by atoms with van der Waals surface area (Å²) in [7, 11) is 1.60. The van der Waals surface area contributed by atoms with Crippen LogP contribution in [0.4, 0.5) is 18.0 Å². The zero-order valence-electron chi connectivity index (χ0n) is 73.7. The fraction of sp³-hybridized carbons (Fsp3) is 0.641. The standard InChI is InChI=1S/C32H50N2O9Se.C22H34N4O12Se2.2C11H18N2O6Se.C2HF3O2/c1-30(2,3)41-27(37)18-16-25(35)24(20-44-19-21-11-13-22(40-10)14-12-21)33-26(36)17-15-23(28(38)42-31(4,5)6)34-29(39)43-32(7,8)9;23-13(21(35)36)2-1-12(27)7-11(20(34)25-8-19(32)33)9-39-40-10-15(16(28)4-6-18(30)31)26-17(29)5-3-14(24)22(37)38;2*12-6(11(18)19)1-3-9(15)13-7(5-20)8(14)2-4-10(16)17;3-2(4,5)1(6)7/h11-14,23-24H,15-20H2,1-10H3,(H,33,36)(H,34,39);11,13-15H,1-10,23-24H2,(H,25,34)(H,26,29)(H,30,31)(H,32,33)(H,35,36)(H,37,38);2*6-7,20H,1-5,12H2,(H,13,15)(H,16,17)(H,18,19);(H,6,7). The first-order chi connectivity index (χ1) is 60.3. The molecule has 0 saturated heterocycles. The van der Waals surface area contributed by atoms with Gasteiger partial charge in [-0.1, -0.05) is 0 Å². The molecule has 0 saturated carbocycles. The summed E-state index contributed by atoms with van der Waals surface area (Å²) in [4.78, 5) is 254. The molecule has 1 rings (SSSR count). The molecule has 45 nitrogen and oxygen atoms in total. The number of amides is 6. The zero-order chi connectivity index (χ0) is 102. The second-order valence-electron chi connectivity index (χ2n) is 31.0. The first kappa shape index (κ1) is 128. The van der Waals surface area contributed by atoms with Gasteiger partial charge in [-0.3, -0.25) is 0 Å². The van der Waals surface area contributed by atoms with Gasteiger partial charge in [-0.2, -0.15) is 13.2 Å². The number of ketones is 5. The summed E-state index contributed by atoms with van der Waals surface area (Å²) in [5, 5.41) is 93.5. The van der Waals surface area contributed by atoms with E-state index in [4.69, 9.17) is 92.6 Å². The summed E-state index contributed by atoms with van der Waals surface area (Å²) >= 11 is 3.58. The number of esters is 2. The predicted octanol–water partition coefficient (Wildman–Crippen LogP) is -0.800. The van der Waals surface area contributed by atoms with E-state index in [1.807, 2.05) is 24.3 Å². The van der Waals surface area contributed by atoms with Crippen LogP contribution >= 0.6 is 0 Å². The molecule has 0 radical (unpaired) electrons. The van der Waals surface area contributed by atoms with E-state index in [9.17, 15) is 114 Å². The third-order valence-electron chi connectivity index (χ3n) is 15.9. The van der Waals surface area contributed by atoms with E-state index in [1.54, 1.807) is 69.4 Å². The number of ether oxygens (including phenoxy) is 4. The maximum Gasteiger partial charge on any atom is 0.490 e. The average Bonchev–Trinajstić information content (AvgIpc) is 0.867. The Bertz CT molecular complexity index is 3820. The Labute approximate surface area is 785 Å². The van der Waals surface area contributed by atoms with Crippen LogP contribution in [0.5, 0.6) is 5.75 Å². The third-order valence-corrected chi connectivity index (χ3v) is 27.0. The van der Waals surface area contributed by atoms with E-state index >= 15 is 0 Å². The van der Waals surface area contributed by atoms with Crippen LogP contribution in [-0.4, -0.2) is 340 Å². The van der Waals surface area contributed by atoms with Gasteiger partial charge < -0.3 is 5.11 Å². The van der Waals surface area contributed by atoms with Gasteiger partial charge in [0.15, 0.2) is 0 Å². The number of alkyl halides is 3. The molecule has 0 aliphatic carbocycles. The van der Waals surface area contributed by atoms with Crippen molar-refractivity contribution in [2.45, 2.75) is 294 Å². The molecule has 0 fully saturated rings. The minimum Gasteiger partial charge on any atom is -0.475 e. The summed E-state index contributed by atoms with van der Waals surface area (Å²) in [5.74, 6) is -18.5. The number of carbonyl (C=O) groups is 22. The van der Waals surface area contributed by atoms with Gasteiger partial charge >= 0.3 is 768 Å². The van der Waals surface area contributed by atoms with E-state index in [2.05, 4.69) is 63.9 Å². The summed E-state index contributed by atoms with van der Waals surface area (Å²) in [6.07, 6.45) is -9.33. The maximum absolute atomic E-state index is 13.2. The number of alkyl carbamates (subject to hydrolysis) is 1. The molecular weight excluding hydrogens is 2090 g/mol. The average molecular weight is 2210 g/mol. The van der Waals surface area contributed by atoms with E-state index in [1.165, 1.54) is 0 Å². The van der Waals surface area contributed by atoms with Crippen LogP contribution < -0.4 is 59.6 Å². The number of benzene rings is 1. The molecular formula is C78H121F3N10O35Se5. The van der Waals surface area contributed by atoms with Crippen LogP contribution in [0, 0.1) is 5.92 Å². The van der Waals surface area contributed by atoms with E-state index in [0.717, 1.165) is 16.6 Å². The normalized spacial score (nSPS) is 13.3. The van der Waals surface area contributed by atoms with Crippen LogP contribution in [0.15, 0.2) is 24.3 Å². The Morgan fingerprint density at radius 2 is 0.740 bits per heavy atom. The van der Waals surface area contributed by atoms with Crippen LogP contribution in [0.25, 0.3) is 0 Å². The maximum atomic E-state index is 13.2. The van der Waals surface area contributed by atoms with Crippen molar-refractivity contribution >= 4 is 203 Å². The Hall–Kier alpha value is -9.61. The van der Waals surface area contributed by atoms with Crippen molar-refractivity contribution in [3.8, 4) is 5.75 Å². The molecule has 1 aromatic carbocycles. The molecule has 0 heterocycles. The van der Waals surface area contributed by atoms with Crippen molar-refractivity contribution < 1.29 is 184 Å². The molecule has 53 heteroatoms. The van der Waals surface area contributed by atoms with Crippen molar-refractivity contribution in [2.75, 3.05) is 13.7 Å². The van der Waals surface area contributed by atoms with Gasteiger partial charge in [-0.25, -0.2) is 4.79 Å². The number of carboxylic acid groups (broad SMARTS) is 9. The molecule has 0 bridgehead atoms. The fourth-order valence-electron chi connectivity index (χ4n) is 9.15. The van der Waals surface area contributed by atoms with Crippen molar-refractivity contribution in [3.63, 3.8) is 0 Å². The minimum atomic E-state index is -5.08. The van der Waals surface area contributed by atoms with Crippen molar-refractivity contribution in [2.24, 2.45) is 28.9 Å². The van der Waals surface area contributed by atoms with Gasteiger partial charge in [0.2, 0.25) is 0 Å². The largest absolute Gasteiger partial charge is 0.490 e. The third kappa shape index (κ3) is 70.8. The Kier molecular flexibility index (Phi) is 65.8. The van der Waals surface area contributed by atoms with Crippen LogP contribution in [0.1, 0.15) is 190 Å². The number of hydrogen-bond donors (Lipinski definition) is 19. The number of carboxylic acids is 9. The molecule has 10 atom stereocenters. The number of rotatable bonds is 58. The van der Waals surface area contributed by atoms with Gasteiger partial charge in [0, 0.05) is 0 Å². The van der Waals surface area contributed by atoms with E-state index in [0.29, 0.717) is 5.32 Å². The first-order valence-electron chi connectivity index (χ1n) is 39.6. The SMILES string of the molecule is COc1ccc(C[Se]CC(NC(=O)CCC(NC(=O)OC(C)(C)C)C(=O)OC(C)(C)C)C(=O)CCC(=O)OC(C)(C)C)cc1.NC(CCC(=O)CC(C[Se][Se]CC(NC(=O)CCC(N)C(=O)O)C(=O)CCC(=O)O)C(=O)NCC(=O)O)C(=O)O.NC(CCC(=O)NC(C[SeH])C(=O)CCC(=O)O)C(=O)O.NC(CCC(=O)NC(C[SeH])C(=O)CCC(=O)O)C(=O)O.O=C(O)C(F)(F)F. The number of Topliss-reactive ketones (excluding diaryl/α,β-unsaturated/α-hetero) is 5. The van der Waals surface area contributed by atoms with Gasteiger partial charge in [0.05, 0.1) is 0 Å². The Balaban J connectivity index is -0.000000841. The Morgan fingerprint density at radius 3 is 1.08 bits per heavy atom. The second kappa shape index (κ2) is 67.5. The monoisotopic (exact) mass is 2210 g/mol. The van der Waals surface area contributed by atoms with E-state index in [-0.39, 0.29) is 195 Å². The van der Waals surface area contributed by atoms with Crippen LogP contribution in [0.3, 0.4) is 0 Å². The van der Waals surface area contributed by atoms with Gasteiger partial charge in [0.25, 0.3) is 0 Å². The summed E-state index contributed by atoms with van der Waals surface area (Å²) in [6.45, 7) is 14.8. The molecule has 10 unspecified atom stereocenters. The topological polar surface area (TPSA) is 771 Å².